The maximum Gasteiger partial charge on any atom is 0.272 e. The zero-order chi connectivity index (χ0) is 14.5. The molecule has 1 unspecified atom stereocenters. The summed E-state index contributed by atoms with van der Waals surface area (Å²) in [6.45, 7) is 4.02. The smallest absolute Gasteiger partial charge is 0.272 e. The van der Waals surface area contributed by atoms with Crippen LogP contribution >= 0.6 is 12.2 Å². The zero-order valence-electron chi connectivity index (χ0n) is 11.5. The lowest BCUT2D eigenvalue weighted by Gasteiger charge is -2.32. The van der Waals surface area contributed by atoms with Crippen molar-refractivity contribution in [3.63, 3.8) is 0 Å². The number of carbonyl (C=O) groups excluding carboxylic acids is 1. The second-order valence-electron chi connectivity index (χ2n) is 4.77. The predicted molar refractivity (Wildman–Crippen MR) is 80.7 cm³/mol. The van der Waals surface area contributed by atoms with Crippen LogP contribution in [0.4, 0.5) is 0 Å². The number of rotatable bonds is 4. The molecule has 1 aliphatic heterocycles. The number of nitrogens with two attached hydrogens (primary N) is 1. The third-order valence-corrected chi connectivity index (χ3v) is 3.57. The number of carbonyl (C=O) groups is 1. The summed E-state index contributed by atoms with van der Waals surface area (Å²) < 4.78 is 5.60. The van der Waals surface area contributed by atoms with Crippen LogP contribution in [-0.2, 0) is 4.74 Å². The van der Waals surface area contributed by atoms with Gasteiger partial charge in [0.15, 0.2) is 0 Å². The molecule has 0 aliphatic carbocycles. The molecule has 2 rings (SSSR count). The minimum absolute atomic E-state index is 0.0658. The summed E-state index contributed by atoms with van der Waals surface area (Å²) in [5, 5.41) is 0. The summed E-state index contributed by atoms with van der Waals surface area (Å²) in [5.41, 5.74) is 6.60. The molecule has 2 N–H and O–H groups in total. The van der Waals surface area contributed by atoms with Gasteiger partial charge in [0, 0.05) is 31.5 Å². The molecule has 5 nitrogen and oxygen atoms in total. The highest BCUT2D eigenvalue weighted by Gasteiger charge is 2.25. The van der Waals surface area contributed by atoms with E-state index < -0.39 is 0 Å². The quantitative estimate of drug-likeness (QED) is 0.849. The first-order valence-electron chi connectivity index (χ1n) is 6.78. The molecule has 1 aromatic rings. The van der Waals surface area contributed by atoms with Crippen LogP contribution in [0.2, 0.25) is 0 Å². The van der Waals surface area contributed by atoms with Gasteiger partial charge in [-0.1, -0.05) is 12.2 Å². The van der Waals surface area contributed by atoms with E-state index in [-0.39, 0.29) is 17.0 Å². The van der Waals surface area contributed by atoms with Gasteiger partial charge >= 0.3 is 0 Å². The second-order valence-corrected chi connectivity index (χ2v) is 5.21. The largest absolute Gasteiger partial charge is 0.389 e. The maximum absolute atomic E-state index is 12.4. The fraction of sp³-hybridized carbons (Fsp3) is 0.500. The summed E-state index contributed by atoms with van der Waals surface area (Å²) >= 11 is 4.87. The summed E-state index contributed by atoms with van der Waals surface area (Å²) in [6, 6.07) is 3.40. The van der Waals surface area contributed by atoms with Gasteiger partial charge in [0.05, 0.1) is 6.10 Å². The first kappa shape index (κ1) is 14.9. The molecule has 0 saturated carbocycles. The van der Waals surface area contributed by atoms with E-state index in [4.69, 9.17) is 22.7 Å². The molecule has 20 heavy (non-hydrogen) atoms. The number of amides is 1. The van der Waals surface area contributed by atoms with Crippen LogP contribution in [-0.4, -0.2) is 46.6 Å². The van der Waals surface area contributed by atoms with Crippen LogP contribution < -0.4 is 5.73 Å². The van der Waals surface area contributed by atoms with Gasteiger partial charge < -0.3 is 15.4 Å². The van der Waals surface area contributed by atoms with Gasteiger partial charge in [-0.15, -0.1) is 0 Å². The number of likely N-dealkylation sites (tertiary alicyclic amines) is 1. The van der Waals surface area contributed by atoms with E-state index in [1.54, 1.807) is 23.2 Å². The van der Waals surface area contributed by atoms with E-state index in [1.165, 1.54) is 0 Å². The third kappa shape index (κ3) is 3.52. The van der Waals surface area contributed by atoms with Crippen molar-refractivity contribution in [1.29, 1.82) is 0 Å². The molecule has 0 bridgehead atoms. The van der Waals surface area contributed by atoms with Gasteiger partial charge in [0.2, 0.25) is 0 Å². The van der Waals surface area contributed by atoms with Crippen molar-refractivity contribution in [2.45, 2.75) is 25.9 Å². The van der Waals surface area contributed by atoms with E-state index >= 15 is 0 Å². The van der Waals surface area contributed by atoms with Crippen molar-refractivity contribution >= 4 is 23.1 Å². The van der Waals surface area contributed by atoms with E-state index in [1.807, 2.05) is 6.92 Å². The van der Waals surface area contributed by atoms with Crippen molar-refractivity contribution in [2.75, 3.05) is 19.7 Å². The minimum atomic E-state index is -0.0658. The van der Waals surface area contributed by atoms with E-state index in [9.17, 15) is 4.79 Å². The molecule has 0 spiro atoms. The van der Waals surface area contributed by atoms with Crippen molar-refractivity contribution in [2.24, 2.45) is 5.73 Å². The Morgan fingerprint density at radius 3 is 3.00 bits per heavy atom. The molecule has 1 saturated heterocycles. The topological polar surface area (TPSA) is 68.5 Å². The van der Waals surface area contributed by atoms with Crippen LogP contribution in [0, 0.1) is 0 Å². The first-order valence-corrected chi connectivity index (χ1v) is 7.19. The minimum Gasteiger partial charge on any atom is -0.389 e. The lowest BCUT2D eigenvalue weighted by molar-refractivity contribution is 0.00703. The lowest BCUT2D eigenvalue weighted by Crippen LogP contribution is -2.43. The Labute approximate surface area is 124 Å². The highest BCUT2D eigenvalue weighted by atomic mass is 32.1. The van der Waals surface area contributed by atoms with Crippen molar-refractivity contribution < 1.29 is 9.53 Å². The molecule has 2 heterocycles. The van der Waals surface area contributed by atoms with Crippen LogP contribution in [0.15, 0.2) is 18.3 Å². The number of hydrogen-bond donors (Lipinski definition) is 1. The van der Waals surface area contributed by atoms with Crippen molar-refractivity contribution in [3.05, 3.63) is 29.6 Å². The number of pyridine rings is 1. The van der Waals surface area contributed by atoms with Gasteiger partial charge in [0.1, 0.15) is 10.7 Å². The van der Waals surface area contributed by atoms with Crippen LogP contribution in [0.5, 0.6) is 0 Å². The SMILES string of the molecule is CCOC1CCCN(C(=O)c2ccc(C(N)=S)cn2)C1. The predicted octanol–water partition coefficient (Wildman–Crippen LogP) is 1.36. The molecule has 108 valence electrons. The first-order chi connectivity index (χ1) is 9.61. The fourth-order valence-electron chi connectivity index (χ4n) is 2.32. The Morgan fingerprint density at radius 1 is 1.60 bits per heavy atom. The number of nitrogens with zero attached hydrogens (tertiary/aromatic N) is 2. The average molecular weight is 293 g/mol. The molecule has 0 aromatic carbocycles. The summed E-state index contributed by atoms with van der Waals surface area (Å²) in [7, 11) is 0. The van der Waals surface area contributed by atoms with Gasteiger partial charge in [0.25, 0.3) is 5.91 Å². The van der Waals surface area contributed by atoms with Gasteiger partial charge in [-0.05, 0) is 31.9 Å². The molecule has 0 radical (unpaired) electrons. The monoisotopic (exact) mass is 293 g/mol. The molecular formula is C14H19N3O2S. The molecule has 1 aromatic heterocycles. The number of hydrogen-bond acceptors (Lipinski definition) is 4. The Morgan fingerprint density at radius 2 is 2.40 bits per heavy atom. The van der Waals surface area contributed by atoms with Crippen LogP contribution in [0.25, 0.3) is 0 Å². The third-order valence-electron chi connectivity index (χ3n) is 3.33. The fourth-order valence-corrected chi connectivity index (χ4v) is 2.44. The van der Waals surface area contributed by atoms with Gasteiger partial charge in [-0.25, -0.2) is 0 Å². The van der Waals surface area contributed by atoms with E-state index in [2.05, 4.69) is 4.98 Å². The average Bonchev–Trinajstić information content (AvgIpc) is 2.47. The Balaban J connectivity index is 2.04. The van der Waals surface area contributed by atoms with Crippen molar-refractivity contribution in [1.82, 2.24) is 9.88 Å². The van der Waals surface area contributed by atoms with Crippen LogP contribution in [0.3, 0.4) is 0 Å². The molecule has 1 amide bonds. The maximum atomic E-state index is 12.4. The van der Waals surface area contributed by atoms with Crippen LogP contribution in [0.1, 0.15) is 35.8 Å². The molecular weight excluding hydrogens is 274 g/mol. The van der Waals surface area contributed by atoms with Gasteiger partial charge in [-0.2, -0.15) is 0 Å². The molecule has 1 fully saturated rings. The van der Waals surface area contributed by atoms with Crippen molar-refractivity contribution in [3.8, 4) is 0 Å². The summed E-state index contributed by atoms with van der Waals surface area (Å²) in [6.07, 6.45) is 3.64. The standard InChI is InChI=1S/C14H19N3O2S/c1-2-19-11-4-3-7-17(9-11)14(18)12-6-5-10(8-16-12)13(15)20/h5-6,8,11H,2-4,7,9H2,1H3,(H2,15,20). The zero-order valence-corrected chi connectivity index (χ0v) is 12.4. The Kier molecular flexibility index (Phi) is 5.03. The second kappa shape index (κ2) is 6.76. The highest BCUT2D eigenvalue weighted by molar-refractivity contribution is 7.80. The highest BCUT2D eigenvalue weighted by Crippen LogP contribution is 2.15. The van der Waals surface area contributed by atoms with Gasteiger partial charge in [-0.3, -0.25) is 9.78 Å². The molecule has 6 heteroatoms. The lowest BCUT2D eigenvalue weighted by atomic mass is 10.1. The number of piperidine rings is 1. The number of aromatic nitrogens is 1. The normalized spacial score (nSPS) is 18.9. The number of ether oxygens (including phenoxy) is 1. The molecule has 1 aliphatic rings. The Hall–Kier alpha value is -1.53. The van der Waals surface area contributed by atoms with E-state index in [0.29, 0.717) is 24.4 Å². The number of thiocarbonyl (C=S) groups is 1. The summed E-state index contributed by atoms with van der Waals surface area (Å²) in [5.74, 6) is -0.0658. The van der Waals surface area contributed by atoms with E-state index in [0.717, 1.165) is 19.4 Å². The Bertz CT molecular complexity index is 488. The summed E-state index contributed by atoms with van der Waals surface area (Å²) in [4.78, 5) is 18.6. The molecule has 1 atom stereocenters.